The van der Waals surface area contributed by atoms with Crippen LogP contribution in [0.1, 0.15) is 72.6 Å². The third-order valence-electron chi connectivity index (χ3n) is 8.20. The molecule has 6 nitrogen and oxygen atoms in total. The van der Waals surface area contributed by atoms with Crippen molar-refractivity contribution in [2.75, 3.05) is 19.7 Å². The number of amides is 1. The van der Waals surface area contributed by atoms with Crippen LogP contribution < -0.4 is 10.1 Å². The Kier molecular flexibility index (Phi) is 12.0. The highest BCUT2D eigenvalue weighted by molar-refractivity contribution is 5.94. The van der Waals surface area contributed by atoms with Gasteiger partial charge in [-0.1, -0.05) is 54.6 Å². The summed E-state index contributed by atoms with van der Waals surface area (Å²) in [5.41, 5.74) is 4.47. The van der Waals surface area contributed by atoms with Crippen molar-refractivity contribution in [2.24, 2.45) is 0 Å². The highest BCUT2D eigenvalue weighted by atomic mass is 19.1. The fraction of sp³-hybridized carbons (Fsp3) is 0.342. The number of nitrogens with one attached hydrogen (secondary N) is 1. The molecular formula is C38H45FN2O4. The Balaban J connectivity index is 1.37. The molecule has 45 heavy (non-hydrogen) atoms. The molecule has 0 aliphatic heterocycles. The van der Waals surface area contributed by atoms with Crippen molar-refractivity contribution < 1.29 is 24.1 Å². The number of ether oxygens (including phenoxy) is 1. The largest absolute Gasteiger partial charge is 0.508 e. The maximum absolute atomic E-state index is 13.3. The summed E-state index contributed by atoms with van der Waals surface area (Å²) >= 11 is 0. The third kappa shape index (κ3) is 9.32. The fourth-order valence-corrected chi connectivity index (χ4v) is 5.88. The van der Waals surface area contributed by atoms with Crippen LogP contribution in [-0.4, -0.2) is 52.8 Å². The number of rotatable bonds is 15. The summed E-state index contributed by atoms with van der Waals surface area (Å²) in [6.45, 7) is 10.7. The van der Waals surface area contributed by atoms with Crippen LogP contribution in [0.2, 0.25) is 0 Å². The number of hydrogen-bond acceptors (Lipinski definition) is 5. The van der Waals surface area contributed by atoms with E-state index in [-0.39, 0.29) is 17.4 Å². The lowest BCUT2D eigenvalue weighted by molar-refractivity contribution is 0.0953. The van der Waals surface area contributed by atoms with Gasteiger partial charge in [-0.25, -0.2) is 4.39 Å². The standard InChI is InChI=1S/C38H45FN2O4/c1-26(2)41(27(3)4)23-20-33(29-9-6-5-7-10-29)37-30(11-8-12-35(37)42)21-24-45-32-16-13-28(14-17-32)19-22-40-38(44)31-15-18-34(39)36(43)25-31/h5-18,25-27,33,42-43H,19-24H2,1-4H3,(H,40,44). The van der Waals surface area contributed by atoms with Crippen molar-refractivity contribution in [3.63, 3.8) is 0 Å². The summed E-state index contributed by atoms with van der Waals surface area (Å²) < 4.78 is 19.4. The van der Waals surface area contributed by atoms with Crippen molar-refractivity contribution in [1.82, 2.24) is 10.2 Å². The Bertz CT molecular complexity index is 1520. The fourth-order valence-electron chi connectivity index (χ4n) is 5.88. The SMILES string of the molecule is CC(C)N(CCC(c1ccccc1)c1c(O)cccc1CCOc1ccc(CCNC(=O)c2ccc(F)c(O)c2)cc1)C(C)C. The normalized spacial score (nSPS) is 12.1. The molecule has 0 aliphatic carbocycles. The lowest BCUT2D eigenvalue weighted by Gasteiger charge is -2.32. The molecule has 0 aliphatic rings. The van der Waals surface area contributed by atoms with Crippen LogP contribution in [-0.2, 0) is 12.8 Å². The minimum atomic E-state index is -0.761. The van der Waals surface area contributed by atoms with Gasteiger partial charge in [-0.15, -0.1) is 0 Å². The van der Waals surface area contributed by atoms with Gasteiger partial charge in [0.05, 0.1) is 6.61 Å². The van der Waals surface area contributed by atoms with Gasteiger partial charge in [0.1, 0.15) is 11.5 Å². The molecule has 0 bridgehead atoms. The third-order valence-corrected chi connectivity index (χ3v) is 8.20. The van der Waals surface area contributed by atoms with Crippen LogP contribution in [0.25, 0.3) is 0 Å². The summed E-state index contributed by atoms with van der Waals surface area (Å²) in [6.07, 6.45) is 2.15. The minimum absolute atomic E-state index is 0.0518. The molecule has 4 aromatic rings. The summed E-state index contributed by atoms with van der Waals surface area (Å²) in [6, 6.07) is 28.3. The van der Waals surface area contributed by atoms with Gasteiger partial charge in [0.2, 0.25) is 0 Å². The van der Waals surface area contributed by atoms with Gasteiger partial charge in [-0.2, -0.15) is 0 Å². The molecule has 1 atom stereocenters. The predicted molar refractivity (Wildman–Crippen MR) is 178 cm³/mol. The van der Waals surface area contributed by atoms with E-state index in [0.29, 0.717) is 43.8 Å². The van der Waals surface area contributed by atoms with E-state index in [1.54, 1.807) is 6.07 Å². The van der Waals surface area contributed by atoms with E-state index >= 15 is 0 Å². The molecule has 0 aromatic heterocycles. The highest BCUT2D eigenvalue weighted by Crippen LogP contribution is 2.37. The van der Waals surface area contributed by atoms with E-state index in [4.69, 9.17) is 4.74 Å². The second-order valence-electron chi connectivity index (χ2n) is 11.9. The van der Waals surface area contributed by atoms with Crippen molar-refractivity contribution in [3.05, 3.63) is 125 Å². The van der Waals surface area contributed by atoms with Gasteiger partial charge in [-0.3, -0.25) is 9.69 Å². The average Bonchev–Trinajstić information content (AvgIpc) is 3.02. The Morgan fingerprint density at radius 2 is 1.56 bits per heavy atom. The van der Waals surface area contributed by atoms with Crippen LogP contribution in [0.4, 0.5) is 4.39 Å². The van der Waals surface area contributed by atoms with E-state index in [1.807, 2.05) is 36.4 Å². The Hall–Kier alpha value is -4.36. The molecule has 0 radical (unpaired) electrons. The smallest absolute Gasteiger partial charge is 0.251 e. The summed E-state index contributed by atoms with van der Waals surface area (Å²) in [5.74, 6) is -0.568. The van der Waals surface area contributed by atoms with Crippen LogP contribution in [0, 0.1) is 5.82 Å². The number of phenols is 2. The summed E-state index contributed by atoms with van der Waals surface area (Å²) in [5, 5.41) is 23.4. The van der Waals surface area contributed by atoms with Crippen LogP contribution in [0.5, 0.6) is 17.2 Å². The first-order valence-corrected chi connectivity index (χ1v) is 15.7. The van der Waals surface area contributed by atoms with Gasteiger partial charge >= 0.3 is 0 Å². The van der Waals surface area contributed by atoms with E-state index in [0.717, 1.165) is 47.5 Å². The molecule has 1 amide bonds. The molecule has 238 valence electrons. The quantitative estimate of drug-likeness (QED) is 0.130. The Labute approximate surface area is 266 Å². The first kappa shape index (κ1) is 33.5. The van der Waals surface area contributed by atoms with Crippen molar-refractivity contribution in [1.29, 1.82) is 0 Å². The van der Waals surface area contributed by atoms with Gasteiger partial charge in [0.25, 0.3) is 5.91 Å². The maximum atomic E-state index is 13.3. The minimum Gasteiger partial charge on any atom is -0.508 e. The molecule has 3 N–H and O–H groups in total. The Morgan fingerprint density at radius 1 is 0.844 bits per heavy atom. The molecule has 0 saturated carbocycles. The number of benzene rings is 4. The number of phenolic OH excluding ortho intramolecular Hbond substituents is 2. The first-order chi connectivity index (χ1) is 21.6. The average molecular weight is 613 g/mol. The number of carbonyl (C=O) groups excluding carboxylic acids is 1. The van der Waals surface area contributed by atoms with Crippen molar-refractivity contribution in [2.45, 2.75) is 65.0 Å². The molecule has 4 rings (SSSR count). The second-order valence-corrected chi connectivity index (χ2v) is 11.9. The van der Waals surface area contributed by atoms with E-state index in [1.165, 1.54) is 11.6 Å². The van der Waals surface area contributed by atoms with Crippen molar-refractivity contribution >= 4 is 5.91 Å². The van der Waals surface area contributed by atoms with Gasteiger partial charge in [0.15, 0.2) is 11.6 Å². The Morgan fingerprint density at radius 3 is 2.22 bits per heavy atom. The van der Waals surface area contributed by atoms with E-state index in [9.17, 15) is 19.4 Å². The molecule has 0 heterocycles. The maximum Gasteiger partial charge on any atom is 0.251 e. The lowest BCUT2D eigenvalue weighted by Crippen LogP contribution is -2.38. The predicted octanol–water partition coefficient (Wildman–Crippen LogP) is 7.47. The van der Waals surface area contributed by atoms with Crippen molar-refractivity contribution in [3.8, 4) is 17.2 Å². The van der Waals surface area contributed by atoms with E-state index < -0.39 is 11.6 Å². The molecule has 4 aromatic carbocycles. The number of nitrogens with zero attached hydrogens (tertiary/aromatic N) is 1. The second kappa shape index (κ2) is 16.1. The zero-order valence-electron chi connectivity index (χ0n) is 26.7. The molecular weight excluding hydrogens is 567 g/mol. The van der Waals surface area contributed by atoms with Crippen LogP contribution in [0.3, 0.4) is 0 Å². The zero-order valence-corrected chi connectivity index (χ0v) is 26.7. The van der Waals surface area contributed by atoms with Gasteiger partial charge in [-0.05, 0) is 100 Å². The number of halogens is 1. The molecule has 0 spiro atoms. The lowest BCUT2D eigenvalue weighted by atomic mass is 9.84. The summed E-state index contributed by atoms with van der Waals surface area (Å²) in [7, 11) is 0. The monoisotopic (exact) mass is 612 g/mol. The first-order valence-electron chi connectivity index (χ1n) is 15.7. The van der Waals surface area contributed by atoms with E-state index in [2.05, 4.69) is 68.2 Å². The summed E-state index contributed by atoms with van der Waals surface area (Å²) in [4.78, 5) is 14.8. The molecule has 0 fully saturated rings. The molecule has 7 heteroatoms. The number of aromatic hydroxyl groups is 2. The van der Waals surface area contributed by atoms with Crippen LogP contribution >= 0.6 is 0 Å². The molecule has 1 unspecified atom stereocenters. The van der Waals surface area contributed by atoms with Gasteiger partial charge in [0, 0.05) is 42.1 Å². The highest BCUT2D eigenvalue weighted by Gasteiger charge is 2.23. The van der Waals surface area contributed by atoms with Crippen LogP contribution in [0.15, 0.2) is 91.0 Å². The zero-order chi connectivity index (χ0) is 32.3. The van der Waals surface area contributed by atoms with Gasteiger partial charge < -0.3 is 20.3 Å². The number of hydrogen-bond donors (Lipinski definition) is 3. The molecule has 0 saturated heterocycles. The topological polar surface area (TPSA) is 82.0 Å². The number of carbonyl (C=O) groups is 1.